The fourth-order valence-corrected chi connectivity index (χ4v) is 7.42. The van der Waals surface area contributed by atoms with E-state index in [0.717, 1.165) is 52.9 Å². The highest BCUT2D eigenvalue weighted by Crippen LogP contribution is 2.39. The van der Waals surface area contributed by atoms with Gasteiger partial charge in [-0.1, -0.05) is 104 Å². The molecule has 3 atom stereocenters. The molecule has 1 N–H and O–H groups in total. The Balaban J connectivity index is 1.12. The molecule has 0 radical (unpaired) electrons. The summed E-state index contributed by atoms with van der Waals surface area (Å²) in [4.78, 5) is 30.1. The molecule has 3 aliphatic rings. The summed E-state index contributed by atoms with van der Waals surface area (Å²) in [5, 5.41) is 9.58. The van der Waals surface area contributed by atoms with Crippen LogP contribution in [-0.2, 0) is 22.6 Å². The van der Waals surface area contributed by atoms with E-state index in [9.17, 15) is 14.7 Å². The molecule has 4 aromatic carbocycles. The molecule has 7 rings (SSSR count). The van der Waals surface area contributed by atoms with Gasteiger partial charge in [0.05, 0.1) is 36.5 Å². The van der Waals surface area contributed by atoms with Crippen LogP contribution in [0.25, 0.3) is 11.1 Å². The number of ether oxygens (including phenoxy) is 2. The second-order valence-corrected chi connectivity index (χ2v) is 13.1. The smallest absolute Gasteiger partial charge is 0.261 e. The maximum absolute atomic E-state index is 13.1. The molecule has 1 saturated heterocycles. The van der Waals surface area contributed by atoms with Crippen LogP contribution >= 0.6 is 0 Å². The van der Waals surface area contributed by atoms with Crippen LogP contribution in [0.3, 0.4) is 0 Å². The van der Waals surface area contributed by atoms with Gasteiger partial charge in [-0.3, -0.25) is 19.4 Å². The van der Waals surface area contributed by atoms with Crippen molar-refractivity contribution in [3.63, 3.8) is 0 Å². The highest BCUT2D eigenvalue weighted by molar-refractivity contribution is 6.21. The van der Waals surface area contributed by atoms with Crippen molar-refractivity contribution in [1.29, 1.82) is 0 Å². The summed E-state index contributed by atoms with van der Waals surface area (Å²) in [6, 6.07) is 31.6. The number of nitrogens with zero attached hydrogens (tertiary/aromatic N) is 2. The van der Waals surface area contributed by atoms with Crippen molar-refractivity contribution in [2.24, 2.45) is 0 Å². The zero-order chi connectivity index (χ0) is 33.0. The number of benzene rings is 4. The topological polar surface area (TPSA) is 79.3 Å². The van der Waals surface area contributed by atoms with Crippen LogP contribution in [-0.4, -0.2) is 52.0 Å². The molecule has 0 aromatic heterocycles. The summed E-state index contributed by atoms with van der Waals surface area (Å²) in [5.74, 6) is -0.524. The lowest BCUT2D eigenvalue weighted by molar-refractivity contribution is -0.253. The van der Waals surface area contributed by atoms with Gasteiger partial charge in [0, 0.05) is 31.1 Å². The number of amides is 2. The first-order valence-electron chi connectivity index (χ1n) is 17.0. The molecule has 0 bridgehead atoms. The predicted octanol–water partition coefficient (Wildman–Crippen LogP) is 7.62. The van der Waals surface area contributed by atoms with Crippen molar-refractivity contribution in [1.82, 2.24) is 9.80 Å². The lowest BCUT2D eigenvalue weighted by atomic mass is 9.97. The maximum Gasteiger partial charge on any atom is 0.261 e. The van der Waals surface area contributed by atoms with Crippen LogP contribution in [0.4, 0.5) is 0 Å². The zero-order valence-electron chi connectivity index (χ0n) is 27.2. The molecule has 0 spiro atoms. The monoisotopic (exact) mass is 642 g/mol. The number of carbonyl (C=O) groups excluding carboxylic acids is 2. The molecule has 7 heteroatoms. The number of rotatable bonds is 11. The molecule has 48 heavy (non-hydrogen) atoms. The Kier molecular flexibility index (Phi) is 9.64. The molecular formula is C41H42N2O5. The van der Waals surface area contributed by atoms with E-state index in [4.69, 9.17) is 9.47 Å². The van der Waals surface area contributed by atoms with E-state index in [0.29, 0.717) is 17.2 Å². The molecule has 2 aliphatic heterocycles. The summed E-state index contributed by atoms with van der Waals surface area (Å²) < 4.78 is 13.3. The van der Waals surface area contributed by atoms with E-state index in [1.54, 1.807) is 24.3 Å². The second-order valence-electron chi connectivity index (χ2n) is 13.1. The van der Waals surface area contributed by atoms with Gasteiger partial charge in [-0.2, -0.15) is 0 Å². The van der Waals surface area contributed by atoms with Gasteiger partial charge in [-0.15, -0.1) is 6.58 Å². The minimum atomic E-state index is -0.553. The number of hydrogen-bond donors (Lipinski definition) is 1. The molecule has 2 fully saturated rings. The van der Waals surface area contributed by atoms with Gasteiger partial charge < -0.3 is 14.6 Å². The van der Waals surface area contributed by atoms with Crippen molar-refractivity contribution >= 4 is 11.8 Å². The Hall–Kier alpha value is -4.40. The first-order chi connectivity index (χ1) is 23.5. The molecule has 2 amide bonds. The van der Waals surface area contributed by atoms with Crippen LogP contribution < -0.4 is 0 Å². The third kappa shape index (κ3) is 6.64. The van der Waals surface area contributed by atoms with E-state index in [1.165, 1.54) is 30.6 Å². The lowest BCUT2D eigenvalue weighted by Crippen LogP contribution is -2.43. The molecule has 246 valence electrons. The van der Waals surface area contributed by atoms with E-state index in [-0.39, 0.29) is 37.2 Å². The van der Waals surface area contributed by atoms with Gasteiger partial charge in [0.2, 0.25) is 0 Å². The van der Waals surface area contributed by atoms with Gasteiger partial charge in [-0.05, 0) is 52.8 Å². The van der Waals surface area contributed by atoms with Crippen molar-refractivity contribution in [2.45, 2.75) is 69.8 Å². The third-order valence-corrected chi connectivity index (χ3v) is 9.98. The van der Waals surface area contributed by atoms with Crippen molar-refractivity contribution in [3.8, 4) is 11.1 Å². The summed E-state index contributed by atoms with van der Waals surface area (Å²) >= 11 is 0. The van der Waals surface area contributed by atoms with Crippen LogP contribution in [0.1, 0.15) is 87.5 Å². The average molecular weight is 643 g/mol. The highest BCUT2D eigenvalue weighted by atomic mass is 16.7. The lowest BCUT2D eigenvalue weighted by Gasteiger charge is -2.39. The summed E-state index contributed by atoms with van der Waals surface area (Å²) in [6.07, 6.45) is 6.94. The van der Waals surface area contributed by atoms with Gasteiger partial charge in [-0.25, -0.2) is 0 Å². The number of imide groups is 1. The summed E-state index contributed by atoms with van der Waals surface area (Å²) in [5.41, 5.74) is 6.61. The zero-order valence-corrected chi connectivity index (χ0v) is 27.2. The van der Waals surface area contributed by atoms with Crippen molar-refractivity contribution < 1.29 is 24.2 Å². The van der Waals surface area contributed by atoms with Crippen molar-refractivity contribution in [2.75, 3.05) is 13.1 Å². The average Bonchev–Trinajstić information content (AvgIpc) is 3.76. The fourth-order valence-electron chi connectivity index (χ4n) is 7.42. The maximum atomic E-state index is 13.1. The Morgan fingerprint density at radius 1 is 0.792 bits per heavy atom. The van der Waals surface area contributed by atoms with Crippen LogP contribution in [0.5, 0.6) is 0 Å². The molecule has 2 heterocycles. The highest BCUT2D eigenvalue weighted by Gasteiger charge is 2.36. The van der Waals surface area contributed by atoms with Crippen molar-refractivity contribution in [3.05, 3.63) is 143 Å². The normalized spacial score (nSPS) is 21.2. The summed E-state index contributed by atoms with van der Waals surface area (Å²) in [6.45, 7) is 5.87. The van der Waals surface area contributed by atoms with Crippen LogP contribution in [0, 0.1) is 0 Å². The molecule has 4 aromatic rings. The Bertz CT molecular complexity index is 1730. The second kappa shape index (κ2) is 14.4. The van der Waals surface area contributed by atoms with E-state index >= 15 is 0 Å². The number of aliphatic hydroxyl groups is 1. The minimum absolute atomic E-state index is 0.00579. The van der Waals surface area contributed by atoms with E-state index in [1.807, 2.05) is 66.7 Å². The first kappa shape index (κ1) is 32.2. The molecule has 1 aliphatic carbocycles. The fraction of sp³-hybridized carbons (Fsp3) is 0.317. The largest absolute Gasteiger partial charge is 0.392 e. The quantitative estimate of drug-likeness (QED) is 0.134. The SMILES string of the molecule is C=CCN(CC1CC(c2ccc(CO)cc2)OC(c2ccc(-c3ccccc3CN3C(=O)c4ccccc4C3=O)cc2)O1)C1CCCC1. The number of aliphatic hydroxyl groups excluding tert-OH is 1. The minimum Gasteiger partial charge on any atom is -0.392 e. The summed E-state index contributed by atoms with van der Waals surface area (Å²) in [7, 11) is 0. The molecular weight excluding hydrogens is 600 g/mol. The Morgan fingerprint density at radius 2 is 1.42 bits per heavy atom. The van der Waals surface area contributed by atoms with Gasteiger partial charge in [0.25, 0.3) is 11.8 Å². The van der Waals surface area contributed by atoms with Gasteiger partial charge in [0.1, 0.15) is 0 Å². The standard InChI is InChI=1S/C41H42N2O5/c1-2-23-42(33-10-4-5-11-33)26-34-24-38(30-17-15-28(27-44)16-18-30)48-41(47-34)31-21-19-29(20-22-31)35-12-6-3-9-32(35)25-43-39(45)36-13-7-8-14-37(36)40(43)46/h2-3,6-9,12-22,33-34,38,41,44H,1,4-5,10-11,23-27H2. The Morgan fingerprint density at radius 3 is 2.06 bits per heavy atom. The van der Waals surface area contributed by atoms with Gasteiger partial charge in [0.15, 0.2) is 6.29 Å². The van der Waals surface area contributed by atoms with E-state index < -0.39 is 6.29 Å². The first-order valence-corrected chi connectivity index (χ1v) is 17.0. The number of fused-ring (bicyclic) bond motifs is 1. The van der Waals surface area contributed by atoms with Gasteiger partial charge >= 0.3 is 0 Å². The molecule has 7 nitrogen and oxygen atoms in total. The van der Waals surface area contributed by atoms with E-state index in [2.05, 4.69) is 23.6 Å². The number of carbonyl (C=O) groups is 2. The Labute approximate surface area is 282 Å². The number of hydrogen-bond acceptors (Lipinski definition) is 6. The molecule has 1 saturated carbocycles. The molecule has 3 unspecified atom stereocenters. The van der Waals surface area contributed by atoms with Crippen LogP contribution in [0.15, 0.2) is 110 Å². The predicted molar refractivity (Wildman–Crippen MR) is 185 cm³/mol. The third-order valence-electron chi connectivity index (χ3n) is 9.98. The van der Waals surface area contributed by atoms with Crippen LogP contribution in [0.2, 0.25) is 0 Å².